The van der Waals surface area contributed by atoms with Gasteiger partial charge in [0.25, 0.3) is 0 Å². The zero-order chi connectivity index (χ0) is 35.5. The van der Waals surface area contributed by atoms with Crippen molar-refractivity contribution in [1.82, 2.24) is 29.9 Å². The minimum atomic E-state index is 0. The van der Waals surface area contributed by atoms with Crippen molar-refractivity contribution in [2.75, 3.05) is 14.2 Å². The van der Waals surface area contributed by atoms with Crippen molar-refractivity contribution < 1.29 is 51.6 Å². The first kappa shape index (κ1) is 40.2. The van der Waals surface area contributed by atoms with E-state index in [4.69, 9.17) is 9.47 Å². The second-order valence-electron chi connectivity index (χ2n) is 10.9. The van der Waals surface area contributed by atoms with Gasteiger partial charge in [0.1, 0.15) is 11.8 Å². The number of nitrogens with zero attached hydrogens (tertiary/aromatic N) is 6. The van der Waals surface area contributed by atoms with Crippen molar-refractivity contribution in [3.8, 4) is 32.9 Å². The molecule has 4 aromatic carbocycles. The van der Waals surface area contributed by atoms with Crippen LogP contribution in [0.2, 0.25) is 0 Å². The van der Waals surface area contributed by atoms with Crippen molar-refractivity contribution >= 4 is 66.5 Å². The van der Waals surface area contributed by atoms with Crippen LogP contribution in [0.1, 0.15) is 0 Å². The molecule has 0 saturated heterocycles. The number of hydrogen-bond donors (Lipinski definition) is 0. The van der Waals surface area contributed by atoms with E-state index in [0.29, 0.717) is 11.8 Å². The van der Waals surface area contributed by atoms with Gasteiger partial charge < -0.3 is 29.4 Å². The first-order chi connectivity index (χ1) is 25.7. The van der Waals surface area contributed by atoms with Gasteiger partial charge in [-0.05, 0) is 56.0 Å². The fraction of sp³-hybridized carbons (Fsp3) is 0.0476. The number of aromatic nitrogens is 6. The number of thiazole rings is 2. The largest absolute Gasteiger partial charge is 2.00 e. The summed E-state index contributed by atoms with van der Waals surface area (Å²) < 4.78 is 10.1. The van der Waals surface area contributed by atoms with Gasteiger partial charge in [0.05, 0.1) is 14.2 Å². The summed E-state index contributed by atoms with van der Waals surface area (Å²) in [5.74, 6) is 1.20. The molecule has 8 nitrogen and oxygen atoms in total. The molecule has 0 unspecified atom stereocenters. The molecule has 0 atom stereocenters. The summed E-state index contributed by atoms with van der Waals surface area (Å²) in [6.45, 7) is 0. The van der Waals surface area contributed by atoms with E-state index in [1.165, 1.54) is 0 Å². The molecule has 0 aliphatic carbocycles. The Hall–Kier alpha value is -4.98. The Morgan fingerprint density at radius 2 is 0.926 bits per heavy atom. The van der Waals surface area contributed by atoms with Crippen LogP contribution in [0.3, 0.4) is 0 Å². The van der Waals surface area contributed by atoms with Crippen LogP contribution in [-0.2, 0) is 42.1 Å². The van der Waals surface area contributed by atoms with Crippen molar-refractivity contribution in [1.29, 1.82) is 0 Å². The molecule has 0 spiro atoms. The molecule has 10 aromatic rings. The van der Waals surface area contributed by atoms with Crippen LogP contribution in [0.15, 0.2) is 144 Å². The predicted molar refractivity (Wildman–Crippen MR) is 211 cm³/mol. The Kier molecular flexibility index (Phi) is 14.8. The fourth-order valence-electron chi connectivity index (χ4n) is 5.27. The van der Waals surface area contributed by atoms with Gasteiger partial charge in [0.2, 0.25) is 0 Å². The average Bonchev–Trinajstić information content (AvgIpc) is 4.05. The first-order valence-corrected chi connectivity index (χ1v) is 17.9. The second-order valence-corrected chi connectivity index (χ2v) is 12.7. The van der Waals surface area contributed by atoms with Crippen LogP contribution in [-0.4, -0.2) is 34.2 Å². The van der Waals surface area contributed by atoms with Crippen LogP contribution in [0.25, 0.3) is 65.0 Å². The zero-order valence-corrected chi connectivity index (χ0v) is 35.0. The summed E-state index contributed by atoms with van der Waals surface area (Å²) in [5.41, 5.74) is 5.60. The van der Waals surface area contributed by atoms with Gasteiger partial charge in [-0.1, -0.05) is 60.7 Å². The summed E-state index contributed by atoms with van der Waals surface area (Å²) in [6.07, 6.45) is 3.61. The van der Waals surface area contributed by atoms with Crippen LogP contribution in [0.4, 0.5) is 0 Å². The van der Waals surface area contributed by atoms with E-state index >= 15 is 0 Å². The van der Waals surface area contributed by atoms with Crippen LogP contribution < -0.4 is 19.4 Å². The number of para-hydroxylation sites is 2. The van der Waals surface area contributed by atoms with Crippen LogP contribution in [0.5, 0.6) is 11.8 Å². The molecule has 0 N–H and O–H groups in total. The molecule has 0 radical (unpaired) electrons. The SMILES string of the molecule is COc1ccc2c(n1)[n-]c1ccccc12.COc1ccc2c(n1)[n-]c1ccccc12.[Pt+2].[Pt+2].[c-]1ccccc1-c1nccs1.[c-]1ccccc1-c1nccs1. The van der Waals surface area contributed by atoms with E-state index in [0.717, 1.165) is 65.0 Å². The van der Waals surface area contributed by atoms with Gasteiger partial charge in [-0.2, -0.15) is 22.7 Å². The molecule has 0 aliphatic heterocycles. The van der Waals surface area contributed by atoms with Gasteiger partial charge in [-0.25, -0.2) is 0 Å². The topological polar surface area (TPSA) is 98.2 Å². The average molecular weight is 1110 g/mol. The van der Waals surface area contributed by atoms with Gasteiger partial charge in [0.15, 0.2) is 0 Å². The number of hydrogen-bond acceptors (Lipinski definition) is 8. The maximum atomic E-state index is 5.07. The summed E-state index contributed by atoms with van der Waals surface area (Å²) in [6, 6.07) is 45.7. The number of pyridine rings is 2. The Morgan fingerprint density at radius 3 is 1.30 bits per heavy atom. The van der Waals surface area contributed by atoms with Crippen molar-refractivity contribution in [3.63, 3.8) is 0 Å². The Balaban J connectivity index is 0.000000138. The van der Waals surface area contributed by atoms with E-state index in [9.17, 15) is 0 Å². The number of methoxy groups -OCH3 is 2. The zero-order valence-electron chi connectivity index (χ0n) is 28.8. The van der Waals surface area contributed by atoms with Crippen molar-refractivity contribution in [2.45, 2.75) is 0 Å². The Labute approximate surface area is 349 Å². The molecular formula is C42H30N6O2Pt2S2. The standard InChI is InChI=1S/2C12H9N2O.2C9H6NS.2Pt/c2*1-15-11-7-6-9-8-4-2-3-5-10(8)13-12(9)14-11;2*1-2-4-8(5-3-1)9-10-6-7-11-9;;/h2*2-7H,1H3;2*1-4,6-7H;;/q4*-1;2*+2. The van der Waals surface area contributed by atoms with E-state index in [-0.39, 0.29) is 42.1 Å². The van der Waals surface area contributed by atoms with E-state index in [1.54, 1.807) is 49.3 Å². The third-order valence-electron chi connectivity index (χ3n) is 7.70. The third-order valence-corrected chi connectivity index (χ3v) is 9.31. The molecule has 0 bridgehead atoms. The molecular weight excluding hydrogens is 1070 g/mol. The smallest absolute Gasteiger partial charge is 0.500 e. The molecule has 6 aromatic heterocycles. The van der Waals surface area contributed by atoms with Crippen LogP contribution in [0, 0.1) is 12.1 Å². The van der Waals surface area contributed by atoms with Gasteiger partial charge in [-0.3, -0.25) is 9.97 Å². The molecule has 6 heterocycles. The number of benzene rings is 4. The van der Waals surface area contributed by atoms with Gasteiger partial charge in [-0.15, -0.1) is 71.8 Å². The molecule has 0 amide bonds. The summed E-state index contributed by atoms with van der Waals surface area (Å²) in [4.78, 5) is 25.8. The van der Waals surface area contributed by atoms with Gasteiger partial charge >= 0.3 is 42.1 Å². The summed E-state index contributed by atoms with van der Waals surface area (Å²) in [7, 11) is 3.22. The number of ether oxygens (including phenoxy) is 2. The fourth-order valence-corrected chi connectivity index (χ4v) is 6.52. The maximum absolute atomic E-state index is 5.07. The number of rotatable bonds is 4. The normalized spacial score (nSPS) is 10.1. The van der Waals surface area contributed by atoms with E-state index in [2.05, 4.69) is 54.2 Å². The summed E-state index contributed by atoms with van der Waals surface area (Å²) >= 11 is 3.27. The molecule has 12 heteroatoms. The second kappa shape index (κ2) is 19.9. The van der Waals surface area contributed by atoms with Crippen LogP contribution >= 0.6 is 22.7 Å². The molecule has 272 valence electrons. The van der Waals surface area contributed by atoms with E-state index in [1.807, 2.05) is 120 Å². The maximum Gasteiger partial charge on any atom is 2.00 e. The number of fused-ring (bicyclic) bond motifs is 6. The third kappa shape index (κ3) is 9.76. The van der Waals surface area contributed by atoms with Gasteiger partial charge in [0, 0.05) is 33.2 Å². The summed E-state index contributed by atoms with van der Waals surface area (Å²) in [5, 5.41) is 10.4. The van der Waals surface area contributed by atoms with E-state index < -0.39 is 0 Å². The van der Waals surface area contributed by atoms with Crippen molar-refractivity contribution in [2.24, 2.45) is 0 Å². The Morgan fingerprint density at radius 1 is 0.500 bits per heavy atom. The quantitative estimate of drug-likeness (QED) is 0.161. The predicted octanol–water partition coefficient (Wildman–Crippen LogP) is 9.92. The Bertz CT molecular complexity index is 2430. The molecule has 10 rings (SSSR count). The molecule has 0 saturated carbocycles. The monoisotopic (exact) mass is 1100 g/mol. The minimum Gasteiger partial charge on any atom is -0.500 e. The molecule has 54 heavy (non-hydrogen) atoms. The first-order valence-electron chi connectivity index (χ1n) is 16.2. The minimum absolute atomic E-state index is 0. The molecule has 0 fully saturated rings. The van der Waals surface area contributed by atoms with Crippen molar-refractivity contribution in [3.05, 3.63) is 157 Å². The molecule has 0 aliphatic rings.